The third-order valence-electron chi connectivity index (χ3n) is 3.74. The Kier molecular flexibility index (Phi) is 4.74. The van der Waals surface area contributed by atoms with Gasteiger partial charge in [0.15, 0.2) is 0 Å². The molecule has 2 N–H and O–H groups in total. The van der Waals surface area contributed by atoms with Crippen molar-refractivity contribution < 1.29 is 14.8 Å². The van der Waals surface area contributed by atoms with Crippen LogP contribution in [0, 0.1) is 10.1 Å². The molecule has 0 spiro atoms. The molecule has 1 aromatic rings. The maximum Gasteiger partial charge on any atom is 0.311 e. The van der Waals surface area contributed by atoms with Crippen molar-refractivity contribution >= 4 is 11.6 Å². The van der Waals surface area contributed by atoms with Crippen LogP contribution in [0.15, 0.2) is 18.2 Å². The molecule has 7 heteroatoms. The molecule has 21 heavy (non-hydrogen) atoms. The lowest BCUT2D eigenvalue weighted by Crippen LogP contribution is -2.47. The fourth-order valence-corrected chi connectivity index (χ4v) is 2.59. The summed E-state index contributed by atoms with van der Waals surface area (Å²) < 4.78 is 0. The van der Waals surface area contributed by atoms with Crippen molar-refractivity contribution in [3.8, 4) is 5.75 Å². The lowest BCUT2D eigenvalue weighted by molar-refractivity contribution is -0.385. The highest BCUT2D eigenvalue weighted by Crippen LogP contribution is 2.29. The van der Waals surface area contributed by atoms with Crippen LogP contribution in [0.25, 0.3) is 0 Å². The van der Waals surface area contributed by atoms with Crippen molar-refractivity contribution in [3.05, 3.63) is 33.9 Å². The van der Waals surface area contributed by atoms with Crippen LogP contribution in [-0.4, -0.2) is 46.5 Å². The smallest absolute Gasteiger partial charge is 0.311 e. The molecule has 1 aromatic carbocycles. The van der Waals surface area contributed by atoms with Crippen LogP contribution < -0.4 is 5.32 Å². The fourth-order valence-electron chi connectivity index (χ4n) is 2.59. The number of likely N-dealkylation sites (N-methyl/N-ethyl adjacent to an activating group) is 1. The van der Waals surface area contributed by atoms with Crippen LogP contribution in [-0.2, 0) is 0 Å². The van der Waals surface area contributed by atoms with E-state index < -0.39 is 22.3 Å². The summed E-state index contributed by atoms with van der Waals surface area (Å²) in [7, 11) is 0. The average Bonchev–Trinajstić information content (AvgIpc) is 2.47. The number of hydrogen-bond acceptors (Lipinski definition) is 5. The van der Waals surface area contributed by atoms with E-state index in [1.807, 2.05) is 0 Å². The first-order chi connectivity index (χ1) is 10.0. The van der Waals surface area contributed by atoms with E-state index in [0.717, 1.165) is 32.5 Å². The number of nitro benzene ring substituents is 1. The van der Waals surface area contributed by atoms with E-state index in [2.05, 4.69) is 17.1 Å². The number of phenolic OH excluding ortho intramolecular Hbond substituents is 1. The second-order valence-corrected chi connectivity index (χ2v) is 5.14. The number of nitro groups is 1. The van der Waals surface area contributed by atoms with Crippen LogP contribution in [0.5, 0.6) is 5.75 Å². The van der Waals surface area contributed by atoms with E-state index in [0.29, 0.717) is 0 Å². The molecule has 0 aromatic heterocycles. The quantitative estimate of drug-likeness (QED) is 0.648. The largest absolute Gasteiger partial charge is 0.502 e. The molecule has 0 aliphatic carbocycles. The summed E-state index contributed by atoms with van der Waals surface area (Å²) in [6, 6.07) is 3.96. The number of piperidine rings is 1. The van der Waals surface area contributed by atoms with Gasteiger partial charge in [-0.25, -0.2) is 0 Å². The van der Waals surface area contributed by atoms with Gasteiger partial charge in [-0.1, -0.05) is 13.0 Å². The van der Waals surface area contributed by atoms with Gasteiger partial charge >= 0.3 is 5.69 Å². The normalized spacial score (nSPS) is 19.2. The molecule has 1 atom stereocenters. The van der Waals surface area contributed by atoms with Gasteiger partial charge < -0.3 is 15.3 Å². The first-order valence-corrected chi connectivity index (χ1v) is 7.02. The van der Waals surface area contributed by atoms with E-state index in [1.165, 1.54) is 18.2 Å². The summed E-state index contributed by atoms with van der Waals surface area (Å²) in [5.74, 6) is -1.05. The van der Waals surface area contributed by atoms with Gasteiger partial charge in [0.2, 0.25) is 5.75 Å². The van der Waals surface area contributed by atoms with Crippen molar-refractivity contribution in [1.29, 1.82) is 0 Å². The highest BCUT2D eigenvalue weighted by atomic mass is 16.6. The number of likely N-dealkylation sites (tertiary alicyclic amines) is 1. The van der Waals surface area contributed by atoms with E-state index >= 15 is 0 Å². The number of para-hydroxylation sites is 1. The maximum absolute atomic E-state index is 12.2. The highest BCUT2D eigenvalue weighted by Gasteiger charge is 2.24. The standard InChI is InChI=1S/C14H19N3O4/c1-2-16-8-4-5-10(9-16)15-14(19)11-6-3-7-12(13(11)18)17(20)21/h3,6-7,10,18H,2,4-5,8-9H2,1H3,(H,15,19). The number of amides is 1. The van der Waals surface area contributed by atoms with Gasteiger partial charge in [0, 0.05) is 18.7 Å². The van der Waals surface area contributed by atoms with Crippen molar-refractivity contribution in [3.63, 3.8) is 0 Å². The Morgan fingerprint density at radius 1 is 1.57 bits per heavy atom. The molecule has 0 bridgehead atoms. The van der Waals surface area contributed by atoms with E-state index in [4.69, 9.17) is 0 Å². The summed E-state index contributed by atoms with van der Waals surface area (Å²) in [5, 5.41) is 23.5. The summed E-state index contributed by atoms with van der Waals surface area (Å²) in [4.78, 5) is 24.5. The number of rotatable bonds is 4. The minimum Gasteiger partial charge on any atom is -0.502 e. The summed E-state index contributed by atoms with van der Waals surface area (Å²) >= 11 is 0. The Morgan fingerprint density at radius 2 is 2.33 bits per heavy atom. The average molecular weight is 293 g/mol. The molecule has 0 saturated carbocycles. The molecule has 7 nitrogen and oxygen atoms in total. The van der Waals surface area contributed by atoms with Crippen LogP contribution >= 0.6 is 0 Å². The Hall–Kier alpha value is -2.15. The number of benzene rings is 1. The zero-order valence-corrected chi connectivity index (χ0v) is 11.9. The van der Waals surface area contributed by atoms with Crippen molar-refractivity contribution in [2.24, 2.45) is 0 Å². The number of carbonyl (C=O) groups excluding carboxylic acids is 1. The van der Waals surface area contributed by atoms with Crippen molar-refractivity contribution in [1.82, 2.24) is 10.2 Å². The second kappa shape index (κ2) is 6.53. The second-order valence-electron chi connectivity index (χ2n) is 5.14. The summed E-state index contributed by atoms with van der Waals surface area (Å²) in [5.41, 5.74) is -0.515. The first kappa shape index (κ1) is 15.2. The minimum absolute atomic E-state index is 0.00450. The molecular formula is C14H19N3O4. The number of aromatic hydroxyl groups is 1. The number of nitrogens with one attached hydrogen (secondary N) is 1. The van der Waals surface area contributed by atoms with Crippen molar-refractivity contribution in [2.45, 2.75) is 25.8 Å². The zero-order chi connectivity index (χ0) is 15.4. The molecule has 1 aliphatic heterocycles. The van der Waals surface area contributed by atoms with Gasteiger partial charge in [0.25, 0.3) is 5.91 Å². The molecule has 114 valence electrons. The molecular weight excluding hydrogens is 274 g/mol. The molecule has 1 unspecified atom stereocenters. The number of nitrogens with zero attached hydrogens (tertiary/aromatic N) is 2. The summed E-state index contributed by atoms with van der Waals surface area (Å²) in [6.07, 6.45) is 1.87. The van der Waals surface area contributed by atoms with Crippen LogP contribution in [0.1, 0.15) is 30.1 Å². The predicted molar refractivity (Wildman–Crippen MR) is 77.4 cm³/mol. The van der Waals surface area contributed by atoms with Gasteiger partial charge in [-0.3, -0.25) is 14.9 Å². The van der Waals surface area contributed by atoms with Crippen molar-refractivity contribution in [2.75, 3.05) is 19.6 Å². The Balaban J connectivity index is 2.10. The summed E-state index contributed by atoms with van der Waals surface area (Å²) in [6.45, 7) is 4.77. The zero-order valence-electron chi connectivity index (χ0n) is 11.9. The highest BCUT2D eigenvalue weighted by molar-refractivity contribution is 5.98. The van der Waals surface area contributed by atoms with Gasteiger partial charge in [-0.15, -0.1) is 0 Å². The molecule has 1 aliphatic rings. The maximum atomic E-state index is 12.2. The first-order valence-electron chi connectivity index (χ1n) is 7.02. The third-order valence-corrected chi connectivity index (χ3v) is 3.74. The molecule has 1 fully saturated rings. The Morgan fingerprint density at radius 3 is 3.00 bits per heavy atom. The van der Waals surface area contributed by atoms with Gasteiger partial charge in [-0.05, 0) is 32.0 Å². The molecule has 2 rings (SSSR count). The monoisotopic (exact) mass is 293 g/mol. The van der Waals surface area contributed by atoms with Gasteiger partial charge in [0.1, 0.15) is 0 Å². The SMILES string of the molecule is CCN1CCCC(NC(=O)c2cccc([N+](=O)[O-])c2O)C1. The van der Waals surface area contributed by atoms with Crippen LogP contribution in [0.4, 0.5) is 5.69 Å². The minimum atomic E-state index is -0.703. The predicted octanol–water partition coefficient (Wildman–Crippen LogP) is 1.51. The third kappa shape index (κ3) is 3.49. The lowest BCUT2D eigenvalue weighted by atomic mass is 10.0. The number of hydrogen-bond donors (Lipinski definition) is 2. The van der Waals surface area contributed by atoms with Gasteiger partial charge in [0.05, 0.1) is 10.5 Å². The molecule has 1 amide bonds. The molecule has 1 saturated heterocycles. The van der Waals surface area contributed by atoms with Gasteiger partial charge in [-0.2, -0.15) is 0 Å². The molecule has 0 radical (unpaired) electrons. The fraction of sp³-hybridized carbons (Fsp3) is 0.500. The number of phenols is 1. The Labute approximate surface area is 122 Å². The molecule has 1 heterocycles. The topological polar surface area (TPSA) is 95.7 Å². The van der Waals surface area contributed by atoms with Crippen LogP contribution in [0.3, 0.4) is 0 Å². The van der Waals surface area contributed by atoms with E-state index in [9.17, 15) is 20.0 Å². The van der Waals surface area contributed by atoms with E-state index in [1.54, 1.807) is 0 Å². The number of carbonyl (C=O) groups is 1. The van der Waals surface area contributed by atoms with E-state index in [-0.39, 0.29) is 11.6 Å². The lowest BCUT2D eigenvalue weighted by Gasteiger charge is -2.32. The van der Waals surface area contributed by atoms with Crippen LogP contribution in [0.2, 0.25) is 0 Å². The Bertz CT molecular complexity index is 547.